The van der Waals surface area contributed by atoms with Crippen LogP contribution in [0.1, 0.15) is 63.0 Å². The quantitative estimate of drug-likeness (QED) is 0.851. The predicted octanol–water partition coefficient (Wildman–Crippen LogP) is 1.64. The minimum Gasteiger partial charge on any atom is -0.338 e. The van der Waals surface area contributed by atoms with Gasteiger partial charge >= 0.3 is 0 Å². The fraction of sp³-hybridized carbons (Fsp3) is 0.600. The first-order valence-corrected chi connectivity index (χ1v) is 10.1. The van der Waals surface area contributed by atoms with E-state index >= 15 is 0 Å². The van der Waals surface area contributed by atoms with Gasteiger partial charge in [0.05, 0.1) is 29.5 Å². The average Bonchev–Trinajstić information content (AvgIpc) is 3.11. The molecule has 1 saturated heterocycles. The number of nitrogens with zero attached hydrogens (tertiary/aromatic N) is 4. The first kappa shape index (κ1) is 18.7. The number of aromatic amines is 1. The molecule has 0 spiro atoms. The Morgan fingerprint density at radius 2 is 2.04 bits per heavy atom. The van der Waals surface area contributed by atoms with E-state index in [1.165, 1.54) is 11.4 Å². The number of carbonyl (C=O) groups excluding carboxylic acids is 2. The second-order valence-electron chi connectivity index (χ2n) is 8.14. The highest BCUT2D eigenvalue weighted by Crippen LogP contribution is 2.31. The lowest BCUT2D eigenvalue weighted by atomic mass is 9.97. The van der Waals surface area contributed by atoms with Crippen molar-refractivity contribution in [3.63, 3.8) is 0 Å². The fourth-order valence-corrected chi connectivity index (χ4v) is 4.29. The zero-order valence-electron chi connectivity index (χ0n) is 16.7. The minimum absolute atomic E-state index is 0.0348. The van der Waals surface area contributed by atoms with Crippen LogP contribution in [0.2, 0.25) is 0 Å². The van der Waals surface area contributed by atoms with Gasteiger partial charge < -0.3 is 9.80 Å². The summed E-state index contributed by atoms with van der Waals surface area (Å²) in [6.07, 6.45) is 3.51. The summed E-state index contributed by atoms with van der Waals surface area (Å²) in [5, 5.41) is 3.20. The van der Waals surface area contributed by atoms with Crippen LogP contribution in [0.25, 0.3) is 5.65 Å². The number of hydrogen-bond donors (Lipinski definition) is 1. The molecule has 8 heteroatoms. The van der Waals surface area contributed by atoms with E-state index in [1.807, 2.05) is 24.8 Å². The number of piperidine rings is 1. The number of carbonyl (C=O) groups is 2. The lowest BCUT2D eigenvalue weighted by molar-refractivity contribution is -0.138. The summed E-state index contributed by atoms with van der Waals surface area (Å²) in [5.41, 5.74) is 2.62. The third-order valence-corrected chi connectivity index (χ3v) is 5.87. The van der Waals surface area contributed by atoms with Crippen LogP contribution < -0.4 is 5.56 Å². The molecule has 150 valence electrons. The molecule has 4 rings (SSSR count). The van der Waals surface area contributed by atoms with Crippen LogP contribution in [0.15, 0.2) is 10.9 Å². The van der Waals surface area contributed by atoms with Crippen molar-refractivity contribution in [2.24, 2.45) is 5.92 Å². The van der Waals surface area contributed by atoms with E-state index in [-0.39, 0.29) is 29.3 Å². The zero-order valence-corrected chi connectivity index (χ0v) is 16.7. The number of likely N-dealkylation sites (tertiary alicyclic amines) is 1. The van der Waals surface area contributed by atoms with E-state index in [2.05, 4.69) is 10.1 Å². The highest BCUT2D eigenvalue weighted by atomic mass is 16.2. The number of hydrogen-bond acceptors (Lipinski definition) is 4. The van der Waals surface area contributed by atoms with Crippen LogP contribution >= 0.6 is 0 Å². The predicted molar refractivity (Wildman–Crippen MR) is 104 cm³/mol. The van der Waals surface area contributed by atoms with Gasteiger partial charge in [-0.2, -0.15) is 0 Å². The highest BCUT2D eigenvalue weighted by molar-refractivity contribution is 5.78. The van der Waals surface area contributed by atoms with Gasteiger partial charge in [0.25, 0.3) is 5.56 Å². The standard InChI is InChI=1S/C20H27N5O3/c1-12(2)19(27)24-8-5-4-6-17(24)16-10-18-21-15-7-9-23(13(3)26)11-14(15)20(28)25(18)22-16/h10,12,17,22H,4-9,11H2,1-3H3/t17-/m1/s1. The fourth-order valence-electron chi connectivity index (χ4n) is 4.29. The first-order valence-electron chi connectivity index (χ1n) is 10.1. The molecule has 1 N–H and O–H groups in total. The molecule has 0 bridgehead atoms. The molecule has 0 radical (unpaired) electrons. The van der Waals surface area contributed by atoms with Crippen LogP contribution in [-0.4, -0.2) is 49.3 Å². The molecular formula is C20H27N5O3. The van der Waals surface area contributed by atoms with E-state index < -0.39 is 0 Å². The van der Waals surface area contributed by atoms with Gasteiger partial charge in [0.1, 0.15) is 0 Å². The zero-order chi connectivity index (χ0) is 20.0. The smallest absolute Gasteiger partial charge is 0.277 e. The summed E-state index contributed by atoms with van der Waals surface area (Å²) in [7, 11) is 0. The molecule has 2 amide bonds. The molecule has 1 atom stereocenters. The van der Waals surface area contributed by atoms with E-state index in [9.17, 15) is 14.4 Å². The SMILES string of the molecule is CC(=O)N1CCc2nc3cc([C@H]4CCCCN4C(=O)C(C)C)[nH]n3c(=O)c2C1. The number of aromatic nitrogens is 3. The van der Waals surface area contributed by atoms with Crippen LogP contribution in [-0.2, 0) is 22.6 Å². The highest BCUT2D eigenvalue weighted by Gasteiger charge is 2.31. The van der Waals surface area contributed by atoms with E-state index in [1.54, 1.807) is 4.90 Å². The van der Waals surface area contributed by atoms with Gasteiger partial charge in [0, 0.05) is 38.4 Å². The van der Waals surface area contributed by atoms with Gasteiger partial charge in [0.15, 0.2) is 5.65 Å². The Hall–Kier alpha value is -2.64. The Kier molecular flexibility index (Phi) is 4.72. The van der Waals surface area contributed by atoms with E-state index in [0.29, 0.717) is 30.7 Å². The summed E-state index contributed by atoms with van der Waals surface area (Å²) in [6, 6.07) is 1.84. The molecule has 2 aromatic rings. The third kappa shape index (κ3) is 3.10. The Bertz CT molecular complexity index is 990. The van der Waals surface area contributed by atoms with Crippen LogP contribution in [0.5, 0.6) is 0 Å². The summed E-state index contributed by atoms with van der Waals surface area (Å²) in [5.74, 6) is 0.0446. The lowest BCUT2D eigenvalue weighted by Gasteiger charge is -2.36. The molecule has 28 heavy (non-hydrogen) atoms. The molecule has 2 aliphatic rings. The Labute approximate surface area is 163 Å². The molecule has 0 saturated carbocycles. The summed E-state index contributed by atoms with van der Waals surface area (Å²) >= 11 is 0. The van der Waals surface area contributed by atoms with Crippen molar-refractivity contribution < 1.29 is 9.59 Å². The van der Waals surface area contributed by atoms with Gasteiger partial charge in [-0.15, -0.1) is 0 Å². The van der Waals surface area contributed by atoms with Crippen molar-refractivity contribution in [3.8, 4) is 0 Å². The third-order valence-electron chi connectivity index (χ3n) is 5.87. The summed E-state index contributed by atoms with van der Waals surface area (Å²) in [6.45, 7) is 6.98. The lowest BCUT2D eigenvalue weighted by Crippen LogP contribution is -2.41. The topological polar surface area (TPSA) is 90.8 Å². The molecule has 0 aromatic carbocycles. The number of H-pyrrole nitrogens is 1. The van der Waals surface area contributed by atoms with Crippen molar-refractivity contribution in [3.05, 3.63) is 33.4 Å². The molecular weight excluding hydrogens is 358 g/mol. The first-order chi connectivity index (χ1) is 13.4. The van der Waals surface area contributed by atoms with Crippen LogP contribution in [0.3, 0.4) is 0 Å². The van der Waals surface area contributed by atoms with E-state index in [4.69, 9.17) is 0 Å². The van der Waals surface area contributed by atoms with Crippen molar-refractivity contribution in [1.29, 1.82) is 0 Å². The molecule has 1 fully saturated rings. The van der Waals surface area contributed by atoms with Crippen molar-refractivity contribution >= 4 is 17.5 Å². The molecule has 0 aliphatic carbocycles. The van der Waals surface area contributed by atoms with E-state index in [0.717, 1.165) is 37.2 Å². The van der Waals surface area contributed by atoms with Crippen LogP contribution in [0.4, 0.5) is 0 Å². The average molecular weight is 385 g/mol. The largest absolute Gasteiger partial charge is 0.338 e. The normalized spacial score (nSPS) is 19.9. The van der Waals surface area contributed by atoms with Crippen molar-refractivity contribution in [2.45, 2.75) is 59.0 Å². The monoisotopic (exact) mass is 385 g/mol. The molecule has 2 aliphatic heterocycles. The number of amides is 2. The summed E-state index contributed by atoms with van der Waals surface area (Å²) in [4.78, 5) is 45.7. The maximum Gasteiger partial charge on any atom is 0.277 e. The number of rotatable bonds is 2. The maximum absolute atomic E-state index is 13.0. The Morgan fingerprint density at radius 1 is 1.25 bits per heavy atom. The molecule has 8 nitrogen and oxygen atoms in total. The minimum atomic E-state index is -0.158. The van der Waals surface area contributed by atoms with Gasteiger partial charge in [-0.05, 0) is 19.3 Å². The maximum atomic E-state index is 13.0. The molecule has 0 unspecified atom stereocenters. The molecule has 4 heterocycles. The van der Waals surface area contributed by atoms with Gasteiger partial charge in [-0.3, -0.25) is 19.5 Å². The van der Waals surface area contributed by atoms with Gasteiger partial charge in [-0.25, -0.2) is 9.50 Å². The van der Waals surface area contributed by atoms with Crippen molar-refractivity contribution in [2.75, 3.05) is 13.1 Å². The number of fused-ring (bicyclic) bond motifs is 2. The second-order valence-corrected chi connectivity index (χ2v) is 8.14. The van der Waals surface area contributed by atoms with Gasteiger partial charge in [0.2, 0.25) is 11.8 Å². The Morgan fingerprint density at radius 3 is 2.75 bits per heavy atom. The molecule has 2 aromatic heterocycles. The summed E-state index contributed by atoms with van der Waals surface area (Å²) < 4.78 is 1.46. The Balaban J connectivity index is 1.74. The van der Waals surface area contributed by atoms with Crippen LogP contribution in [0, 0.1) is 5.92 Å². The second kappa shape index (κ2) is 7.07. The van der Waals surface area contributed by atoms with Gasteiger partial charge in [-0.1, -0.05) is 13.8 Å². The number of nitrogens with one attached hydrogen (secondary N) is 1. The van der Waals surface area contributed by atoms with Crippen molar-refractivity contribution in [1.82, 2.24) is 24.4 Å².